The van der Waals surface area contributed by atoms with E-state index < -0.39 is 0 Å². The number of amides is 1. The molecule has 1 rings (SSSR count). The fourth-order valence-electron chi connectivity index (χ4n) is 1.32. The van der Waals surface area contributed by atoms with Crippen molar-refractivity contribution in [1.29, 1.82) is 5.26 Å². The van der Waals surface area contributed by atoms with Crippen molar-refractivity contribution in [1.82, 2.24) is 0 Å². The Morgan fingerprint density at radius 3 is 2.56 bits per heavy atom. The van der Waals surface area contributed by atoms with Gasteiger partial charge in [-0.15, -0.1) is 0 Å². The maximum Gasteiger partial charge on any atom is 0.279 e. The normalized spacial score (nSPS) is 13.5. The van der Waals surface area contributed by atoms with E-state index >= 15 is 0 Å². The molecule has 6 heteroatoms. The van der Waals surface area contributed by atoms with Gasteiger partial charge in [-0.1, -0.05) is 29.3 Å². The predicted octanol–water partition coefficient (Wildman–Crippen LogP) is 1.36. The van der Waals surface area contributed by atoms with Gasteiger partial charge in [0.05, 0.1) is 22.8 Å². The number of nitriles is 1. The van der Waals surface area contributed by atoms with Crippen LogP contribution in [0.2, 0.25) is 10.0 Å². The summed E-state index contributed by atoms with van der Waals surface area (Å²) in [5, 5.41) is 12.2. The lowest BCUT2D eigenvalue weighted by Crippen LogP contribution is -3.13. The molecule has 0 saturated heterocycles. The van der Waals surface area contributed by atoms with Crippen LogP contribution in [0.3, 0.4) is 0 Å². The molecule has 2 atom stereocenters. The number of para-hydroxylation sites is 1. The van der Waals surface area contributed by atoms with Crippen molar-refractivity contribution in [3.8, 4) is 6.07 Å². The first kappa shape index (κ1) is 14.8. The number of hydrogen-bond donors (Lipinski definition) is 2. The van der Waals surface area contributed by atoms with E-state index in [-0.39, 0.29) is 18.5 Å². The number of nitrogens with one attached hydrogen (secondary N) is 2. The zero-order chi connectivity index (χ0) is 13.7. The largest absolute Gasteiger partial charge is 0.319 e. The topological polar surface area (TPSA) is 57.3 Å². The number of carbonyl (C=O) groups is 1. The third-order valence-electron chi connectivity index (χ3n) is 2.60. The predicted molar refractivity (Wildman–Crippen MR) is 71.9 cm³/mol. The highest BCUT2D eigenvalue weighted by Gasteiger charge is 2.17. The summed E-state index contributed by atoms with van der Waals surface area (Å²) in [5.41, 5.74) is 0.406. The molecule has 0 aliphatic heterocycles. The number of carbonyl (C=O) groups excluding carboxylic acids is 1. The Hall–Kier alpha value is -1.28. The molecule has 0 saturated carbocycles. The Morgan fingerprint density at radius 2 is 2.06 bits per heavy atom. The minimum Gasteiger partial charge on any atom is -0.319 e. The van der Waals surface area contributed by atoms with Gasteiger partial charge < -0.3 is 10.2 Å². The highest BCUT2D eigenvalue weighted by Crippen LogP contribution is 2.29. The van der Waals surface area contributed by atoms with Crippen LogP contribution < -0.4 is 10.2 Å². The van der Waals surface area contributed by atoms with Crippen LogP contribution in [0.15, 0.2) is 18.2 Å². The van der Waals surface area contributed by atoms with E-state index in [4.69, 9.17) is 28.5 Å². The first-order chi connectivity index (χ1) is 8.45. The van der Waals surface area contributed by atoms with Gasteiger partial charge in [-0.2, -0.15) is 5.26 Å². The minimum atomic E-state index is -0.252. The number of nitrogens with zero attached hydrogens (tertiary/aromatic N) is 1. The Bertz CT molecular complexity index is 464. The number of rotatable bonds is 4. The Labute approximate surface area is 116 Å². The molecule has 0 heterocycles. The maximum absolute atomic E-state index is 11.8. The number of quaternary nitrogens is 1. The van der Waals surface area contributed by atoms with Crippen molar-refractivity contribution in [3.05, 3.63) is 28.2 Å². The van der Waals surface area contributed by atoms with Crippen molar-refractivity contribution in [2.45, 2.75) is 13.0 Å². The molecular formula is C12H14Cl2N3O+. The molecule has 96 valence electrons. The molecule has 1 aromatic carbocycles. The molecule has 0 aromatic heterocycles. The zero-order valence-electron chi connectivity index (χ0n) is 10.1. The molecule has 4 nitrogen and oxygen atoms in total. The number of halogens is 2. The molecular weight excluding hydrogens is 273 g/mol. The smallest absolute Gasteiger partial charge is 0.279 e. The van der Waals surface area contributed by atoms with E-state index in [1.807, 2.05) is 0 Å². The van der Waals surface area contributed by atoms with Crippen molar-refractivity contribution in [3.63, 3.8) is 0 Å². The van der Waals surface area contributed by atoms with Crippen molar-refractivity contribution in [2.24, 2.45) is 0 Å². The molecule has 1 aromatic rings. The fourth-order valence-corrected chi connectivity index (χ4v) is 1.81. The molecule has 1 unspecified atom stereocenters. The van der Waals surface area contributed by atoms with Crippen LogP contribution >= 0.6 is 23.2 Å². The van der Waals surface area contributed by atoms with E-state index in [9.17, 15) is 4.79 Å². The molecule has 0 radical (unpaired) electrons. The number of hydrogen-bond acceptors (Lipinski definition) is 2. The van der Waals surface area contributed by atoms with Gasteiger partial charge in [0.2, 0.25) is 0 Å². The first-order valence-corrected chi connectivity index (χ1v) is 6.17. The molecule has 18 heavy (non-hydrogen) atoms. The number of likely N-dealkylation sites (N-methyl/N-ethyl adjacent to an activating group) is 1. The van der Waals surface area contributed by atoms with Crippen LogP contribution in [0, 0.1) is 11.3 Å². The number of anilines is 1. The molecule has 0 bridgehead atoms. The molecule has 0 aliphatic carbocycles. The Balaban J connectivity index is 2.69. The first-order valence-electron chi connectivity index (χ1n) is 5.41. The monoisotopic (exact) mass is 286 g/mol. The third kappa shape index (κ3) is 3.88. The summed E-state index contributed by atoms with van der Waals surface area (Å²) in [5.74, 6) is -0.232. The summed E-state index contributed by atoms with van der Waals surface area (Å²) in [7, 11) is 1.78. The molecule has 0 spiro atoms. The van der Waals surface area contributed by atoms with E-state index in [1.54, 1.807) is 32.2 Å². The second kappa shape index (κ2) is 6.60. The van der Waals surface area contributed by atoms with Gasteiger partial charge in [-0.3, -0.25) is 4.79 Å². The standard InChI is InChI=1S/C12H13Cl2N3O/c1-8(6-15)17(2)7-11(18)16-12-9(13)4-3-5-10(12)14/h3-5,8H,7H2,1-2H3,(H,16,18)/p+1/t8-/m0/s1. The summed E-state index contributed by atoms with van der Waals surface area (Å²) in [4.78, 5) is 12.6. The van der Waals surface area contributed by atoms with Gasteiger partial charge in [-0.05, 0) is 12.1 Å². The van der Waals surface area contributed by atoms with E-state index in [0.29, 0.717) is 15.7 Å². The van der Waals surface area contributed by atoms with Crippen LogP contribution in [0.5, 0.6) is 0 Å². The Morgan fingerprint density at radius 1 is 1.50 bits per heavy atom. The second-order valence-corrected chi connectivity index (χ2v) is 4.83. The van der Waals surface area contributed by atoms with Gasteiger partial charge >= 0.3 is 0 Å². The lowest BCUT2D eigenvalue weighted by atomic mass is 10.3. The summed E-state index contributed by atoms with van der Waals surface area (Å²) >= 11 is 11.9. The lowest BCUT2D eigenvalue weighted by molar-refractivity contribution is -0.886. The third-order valence-corrected chi connectivity index (χ3v) is 3.23. The molecule has 0 aliphatic rings. The van der Waals surface area contributed by atoms with Crippen LogP contribution in [0.4, 0.5) is 5.69 Å². The maximum atomic E-state index is 11.8. The Kier molecular flexibility index (Phi) is 5.42. The molecule has 0 fully saturated rings. The van der Waals surface area contributed by atoms with Crippen LogP contribution in [-0.4, -0.2) is 25.5 Å². The van der Waals surface area contributed by atoms with Gasteiger partial charge in [0.15, 0.2) is 12.6 Å². The van der Waals surface area contributed by atoms with Crippen LogP contribution in [0.25, 0.3) is 0 Å². The summed E-state index contributed by atoms with van der Waals surface area (Å²) < 4.78 is 0. The van der Waals surface area contributed by atoms with Crippen molar-refractivity contribution >= 4 is 34.8 Å². The summed E-state index contributed by atoms with van der Waals surface area (Å²) in [6.45, 7) is 1.93. The van der Waals surface area contributed by atoms with Gasteiger partial charge in [-0.25, -0.2) is 0 Å². The van der Waals surface area contributed by atoms with E-state index in [0.717, 1.165) is 4.90 Å². The van der Waals surface area contributed by atoms with Crippen LogP contribution in [0.1, 0.15) is 6.92 Å². The van der Waals surface area contributed by atoms with Crippen molar-refractivity contribution in [2.75, 3.05) is 18.9 Å². The van der Waals surface area contributed by atoms with E-state index in [1.165, 1.54) is 0 Å². The van der Waals surface area contributed by atoms with Gasteiger partial charge in [0.25, 0.3) is 5.91 Å². The van der Waals surface area contributed by atoms with E-state index in [2.05, 4.69) is 11.4 Å². The van der Waals surface area contributed by atoms with Crippen LogP contribution in [-0.2, 0) is 4.79 Å². The fraction of sp³-hybridized carbons (Fsp3) is 0.333. The second-order valence-electron chi connectivity index (χ2n) is 4.02. The molecule has 1 amide bonds. The highest BCUT2D eigenvalue weighted by atomic mass is 35.5. The quantitative estimate of drug-likeness (QED) is 0.878. The average molecular weight is 287 g/mol. The average Bonchev–Trinajstić information content (AvgIpc) is 2.32. The number of benzene rings is 1. The molecule has 2 N–H and O–H groups in total. The SMILES string of the molecule is C[C@@H](C#N)[NH+](C)CC(=O)Nc1c(Cl)cccc1Cl. The summed E-state index contributed by atoms with van der Waals surface area (Å²) in [6, 6.07) is 6.84. The zero-order valence-corrected chi connectivity index (χ0v) is 11.6. The van der Waals surface area contributed by atoms with Gasteiger partial charge in [0, 0.05) is 6.92 Å². The van der Waals surface area contributed by atoms with Gasteiger partial charge in [0.1, 0.15) is 6.07 Å². The lowest BCUT2D eigenvalue weighted by Gasteiger charge is -2.16. The summed E-state index contributed by atoms with van der Waals surface area (Å²) in [6.07, 6.45) is 0. The highest BCUT2D eigenvalue weighted by molar-refractivity contribution is 6.39. The minimum absolute atomic E-state index is 0.177. The van der Waals surface area contributed by atoms with Crippen molar-refractivity contribution < 1.29 is 9.69 Å².